The van der Waals surface area contributed by atoms with Gasteiger partial charge in [-0.05, 0) is 19.1 Å². The standard InChI is InChI=1S/C14H17NO4S/c1-4-13-11(3)9-19-14(16)15(13)20(17,18)12-7-5-10(2)6-8-12/h4-8,11,13H,1,9H2,2-3H3/t11-,13-/m0/s1. The molecule has 1 amide bonds. The number of carbonyl (C=O) groups excluding carboxylic acids is 1. The fourth-order valence-electron chi connectivity index (χ4n) is 2.13. The molecule has 0 saturated carbocycles. The zero-order valence-electron chi connectivity index (χ0n) is 11.4. The number of hydrogen-bond acceptors (Lipinski definition) is 4. The van der Waals surface area contributed by atoms with Crippen molar-refractivity contribution < 1.29 is 17.9 Å². The number of cyclic esters (lactones) is 1. The van der Waals surface area contributed by atoms with Crippen LogP contribution in [-0.2, 0) is 14.8 Å². The zero-order chi connectivity index (χ0) is 14.9. The minimum atomic E-state index is -3.93. The molecule has 1 fully saturated rings. The minimum absolute atomic E-state index is 0.0704. The molecule has 0 radical (unpaired) electrons. The lowest BCUT2D eigenvalue weighted by Gasteiger charge is -2.36. The van der Waals surface area contributed by atoms with Gasteiger partial charge in [-0.15, -0.1) is 6.58 Å². The summed E-state index contributed by atoms with van der Waals surface area (Å²) in [5, 5.41) is 0. The van der Waals surface area contributed by atoms with Crippen molar-refractivity contribution >= 4 is 16.1 Å². The predicted octanol–water partition coefficient (Wildman–Crippen LogP) is 2.33. The van der Waals surface area contributed by atoms with Gasteiger partial charge in [0.05, 0.1) is 17.5 Å². The molecule has 6 heteroatoms. The number of hydrogen-bond donors (Lipinski definition) is 0. The van der Waals surface area contributed by atoms with Crippen LogP contribution in [-0.4, -0.2) is 31.5 Å². The summed E-state index contributed by atoms with van der Waals surface area (Å²) in [4.78, 5) is 11.9. The first-order valence-electron chi connectivity index (χ1n) is 6.28. The highest BCUT2D eigenvalue weighted by atomic mass is 32.2. The van der Waals surface area contributed by atoms with Crippen molar-refractivity contribution in [3.63, 3.8) is 0 Å². The fraction of sp³-hybridized carbons (Fsp3) is 0.357. The second-order valence-corrected chi connectivity index (χ2v) is 6.71. The third-order valence-electron chi connectivity index (χ3n) is 3.32. The lowest BCUT2D eigenvalue weighted by molar-refractivity contribution is 0.0601. The Labute approximate surface area is 118 Å². The lowest BCUT2D eigenvalue weighted by atomic mass is 10.0. The van der Waals surface area contributed by atoms with Crippen molar-refractivity contribution in [1.82, 2.24) is 4.31 Å². The van der Waals surface area contributed by atoms with Crippen LogP contribution in [0.4, 0.5) is 4.79 Å². The van der Waals surface area contributed by atoms with Gasteiger partial charge in [-0.25, -0.2) is 13.2 Å². The van der Waals surface area contributed by atoms with Gasteiger partial charge in [0.1, 0.15) is 0 Å². The highest BCUT2D eigenvalue weighted by Gasteiger charge is 2.41. The van der Waals surface area contributed by atoms with Crippen molar-refractivity contribution in [1.29, 1.82) is 0 Å². The van der Waals surface area contributed by atoms with Crippen LogP contribution in [0.3, 0.4) is 0 Å². The van der Waals surface area contributed by atoms with E-state index in [1.54, 1.807) is 12.1 Å². The molecule has 2 rings (SSSR count). The summed E-state index contributed by atoms with van der Waals surface area (Å²) in [5.74, 6) is -0.134. The number of benzene rings is 1. The van der Waals surface area contributed by atoms with Crippen LogP contribution in [0.25, 0.3) is 0 Å². The predicted molar refractivity (Wildman–Crippen MR) is 74.7 cm³/mol. The van der Waals surface area contributed by atoms with Gasteiger partial charge in [0.2, 0.25) is 0 Å². The Morgan fingerprint density at radius 2 is 1.95 bits per heavy atom. The van der Waals surface area contributed by atoms with Crippen LogP contribution in [0.5, 0.6) is 0 Å². The smallest absolute Gasteiger partial charge is 0.424 e. The van der Waals surface area contributed by atoms with E-state index in [2.05, 4.69) is 6.58 Å². The third-order valence-corrected chi connectivity index (χ3v) is 5.10. The molecule has 5 nitrogen and oxygen atoms in total. The van der Waals surface area contributed by atoms with Crippen molar-refractivity contribution in [2.24, 2.45) is 5.92 Å². The largest absolute Gasteiger partial charge is 0.448 e. The summed E-state index contributed by atoms with van der Waals surface area (Å²) < 4.78 is 30.9. The Hall–Kier alpha value is -1.82. The Kier molecular flexibility index (Phi) is 3.85. The van der Waals surface area contributed by atoms with Crippen LogP contribution in [0.1, 0.15) is 12.5 Å². The average Bonchev–Trinajstić information content (AvgIpc) is 2.41. The number of nitrogens with zero attached hydrogens (tertiary/aromatic N) is 1. The first-order chi connectivity index (χ1) is 9.37. The summed E-state index contributed by atoms with van der Waals surface area (Å²) in [6.07, 6.45) is 0.616. The number of ether oxygens (including phenoxy) is 1. The van der Waals surface area contributed by atoms with Gasteiger partial charge in [-0.3, -0.25) is 0 Å². The number of rotatable bonds is 3. The second-order valence-electron chi connectivity index (χ2n) is 4.89. The Balaban J connectivity index is 2.47. The maximum absolute atomic E-state index is 12.6. The number of carbonyl (C=O) groups is 1. The average molecular weight is 295 g/mol. The molecular weight excluding hydrogens is 278 g/mol. The van der Waals surface area contributed by atoms with Crippen molar-refractivity contribution in [3.05, 3.63) is 42.5 Å². The Morgan fingerprint density at radius 1 is 1.35 bits per heavy atom. The van der Waals surface area contributed by atoms with Gasteiger partial charge in [-0.2, -0.15) is 4.31 Å². The SMILES string of the molecule is C=C[C@H]1[C@@H](C)COC(=O)N1S(=O)(=O)c1ccc(C)cc1. The molecule has 0 bridgehead atoms. The van der Waals surface area contributed by atoms with Crippen LogP contribution in [0, 0.1) is 12.8 Å². The summed E-state index contributed by atoms with van der Waals surface area (Å²) in [6, 6.07) is 5.75. The van der Waals surface area contributed by atoms with Gasteiger partial charge < -0.3 is 4.74 Å². The minimum Gasteiger partial charge on any atom is -0.448 e. The van der Waals surface area contributed by atoms with Gasteiger partial charge in [0.25, 0.3) is 10.0 Å². The topological polar surface area (TPSA) is 63.7 Å². The van der Waals surface area contributed by atoms with Gasteiger partial charge in [0, 0.05) is 5.92 Å². The molecule has 1 saturated heterocycles. The Bertz CT molecular complexity index is 621. The quantitative estimate of drug-likeness (QED) is 0.803. The molecule has 2 atom stereocenters. The second kappa shape index (κ2) is 5.28. The first-order valence-corrected chi connectivity index (χ1v) is 7.72. The van der Waals surface area contributed by atoms with E-state index in [-0.39, 0.29) is 17.4 Å². The van der Waals surface area contributed by atoms with E-state index in [0.717, 1.165) is 9.87 Å². The van der Waals surface area contributed by atoms with Crippen LogP contribution >= 0.6 is 0 Å². The molecule has 0 N–H and O–H groups in total. The lowest BCUT2D eigenvalue weighted by Crippen LogP contribution is -2.52. The van der Waals surface area contributed by atoms with Crippen LogP contribution in [0.2, 0.25) is 0 Å². The highest BCUT2D eigenvalue weighted by molar-refractivity contribution is 7.89. The molecule has 1 aromatic rings. The maximum Gasteiger partial charge on any atom is 0.424 e. The van der Waals surface area contributed by atoms with Crippen molar-refractivity contribution in [2.75, 3.05) is 6.61 Å². The van der Waals surface area contributed by atoms with Crippen molar-refractivity contribution in [2.45, 2.75) is 24.8 Å². The summed E-state index contributed by atoms with van der Waals surface area (Å²) in [6.45, 7) is 7.49. The fourth-order valence-corrected chi connectivity index (χ4v) is 3.70. The maximum atomic E-state index is 12.6. The molecular formula is C14H17NO4S. The normalized spacial score (nSPS) is 23.3. The van der Waals surface area contributed by atoms with Gasteiger partial charge >= 0.3 is 6.09 Å². The van der Waals surface area contributed by atoms with Crippen LogP contribution in [0.15, 0.2) is 41.8 Å². The van der Waals surface area contributed by atoms with Gasteiger partial charge in [-0.1, -0.05) is 30.7 Å². The van der Waals surface area contributed by atoms with E-state index >= 15 is 0 Å². The van der Waals surface area contributed by atoms with E-state index in [1.807, 2.05) is 13.8 Å². The Morgan fingerprint density at radius 3 is 2.50 bits per heavy atom. The molecule has 0 unspecified atom stereocenters. The van der Waals surface area contributed by atoms with Crippen LogP contribution < -0.4 is 0 Å². The molecule has 1 aromatic carbocycles. The van der Waals surface area contributed by atoms with E-state index < -0.39 is 22.2 Å². The molecule has 108 valence electrons. The zero-order valence-corrected chi connectivity index (χ0v) is 12.3. The monoisotopic (exact) mass is 295 g/mol. The molecule has 20 heavy (non-hydrogen) atoms. The summed E-state index contributed by atoms with van der Waals surface area (Å²) in [5.41, 5.74) is 0.943. The first kappa shape index (κ1) is 14.6. The number of amides is 1. The van der Waals surface area contributed by atoms with Gasteiger partial charge in [0.15, 0.2) is 0 Å². The molecule has 0 spiro atoms. The van der Waals surface area contributed by atoms with E-state index in [9.17, 15) is 13.2 Å². The van der Waals surface area contributed by atoms with Crippen molar-refractivity contribution in [3.8, 4) is 0 Å². The third kappa shape index (κ3) is 2.43. The number of aryl methyl sites for hydroxylation is 1. The van der Waals surface area contributed by atoms with E-state index in [4.69, 9.17) is 4.74 Å². The summed E-state index contributed by atoms with van der Waals surface area (Å²) >= 11 is 0. The van der Waals surface area contributed by atoms with E-state index in [0.29, 0.717) is 0 Å². The molecule has 1 aliphatic heterocycles. The molecule has 0 aliphatic carbocycles. The highest BCUT2D eigenvalue weighted by Crippen LogP contribution is 2.27. The molecule has 1 aliphatic rings. The summed E-state index contributed by atoms with van der Waals surface area (Å²) in [7, 11) is -3.93. The molecule has 1 heterocycles. The van der Waals surface area contributed by atoms with E-state index in [1.165, 1.54) is 18.2 Å². The molecule has 0 aromatic heterocycles. The number of sulfonamides is 1.